The van der Waals surface area contributed by atoms with E-state index >= 15 is 4.39 Å². The molecule has 0 spiro atoms. The molecule has 0 radical (unpaired) electrons. The van der Waals surface area contributed by atoms with Crippen LogP contribution >= 0.6 is 11.6 Å². The predicted octanol–water partition coefficient (Wildman–Crippen LogP) is 5.28. The van der Waals surface area contributed by atoms with Gasteiger partial charge in [0.2, 0.25) is 5.91 Å². The minimum Gasteiger partial charge on any atom is -0.461 e. The Morgan fingerprint density at radius 3 is 2.87 bits per heavy atom. The van der Waals surface area contributed by atoms with Crippen molar-refractivity contribution in [2.45, 2.75) is 80.8 Å². The number of hydrogen-bond donors (Lipinski definition) is 0. The first-order chi connectivity index (χ1) is 25.8. The van der Waals surface area contributed by atoms with E-state index < -0.39 is 23.6 Å². The Balaban J connectivity index is 1.02. The van der Waals surface area contributed by atoms with Crippen molar-refractivity contribution in [2.24, 2.45) is 0 Å². The van der Waals surface area contributed by atoms with Crippen molar-refractivity contribution in [2.75, 3.05) is 63.9 Å². The van der Waals surface area contributed by atoms with Crippen molar-refractivity contribution in [3.05, 3.63) is 53.0 Å². The van der Waals surface area contributed by atoms with Gasteiger partial charge in [-0.25, -0.2) is 8.78 Å². The molecule has 14 heteroatoms. The van der Waals surface area contributed by atoms with E-state index in [9.17, 15) is 14.4 Å². The number of ether oxygens (including phenoxy) is 2. The van der Waals surface area contributed by atoms with E-state index in [1.807, 2.05) is 23.1 Å². The molecule has 1 amide bonds. The predicted molar refractivity (Wildman–Crippen MR) is 195 cm³/mol. The fourth-order valence-electron chi connectivity index (χ4n) is 9.40. The molecule has 6 aliphatic rings. The van der Waals surface area contributed by atoms with Gasteiger partial charge in [0, 0.05) is 74.6 Å². The second-order valence-electron chi connectivity index (χ2n) is 15.5. The summed E-state index contributed by atoms with van der Waals surface area (Å²) in [5.41, 5.74) is 1.31. The van der Waals surface area contributed by atoms with Crippen molar-refractivity contribution in [3.8, 4) is 23.3 Å². The molecule has 0 unspecified atom stereocenters. The van der Waals surface area contributed by atoms with Crippen LogP contribution < -0.4 is 9.64 Å². The number of carbonyl (C=O) groups excluding carboxylic acids is 1. The van der Waals surface area contributed by atoms with Gasteiger partial charge in [-0.1, -0.05) is 29.8 Å². The highest BCUT2D eigenvalue weighted by Crippen LogP contribution is 2.48. The molecule has 1 aromatic carbocycles. The van der Waals surface area contributed by atoms with Crippen molar-refractivity contribution < 1.29 is 23.0 Å². The van der Waals surface area contributed by atoms with Crippen LogP contribution in [0.1, 0.15) is 56.4 Å². The number of piperazine rings is 1. The van der Waals surface area contributed by atoms with E-state index in [2.05, 4.69) is 25.8 Å². The number of aromatic nitrogens is 3. The third-order valence-electron chi connectivity index (χ3n) is 12.2. The van der Waals surface area contributed by atoms with Gasteiger partial charge >= 0.3 is 6.01 Å². The molecule has 278 valence electrons. The summed E-state index contributed by atoms with van der Waals surface area (Å²) >= 11 is 6.64. The Morgan fingerprint density at radius 2 is 2.08 bits per heavy atom. The second kappa shape index (κ2) is 14.0. The number of pyridine rings is 1. The van der Waals surface area contributed by atoms with Crippen LogP contribution in [0.2, 0.25) is 5.02 Å². The van der Waals surface area contributed by atoms with Crippen molar-refractivity contribution in [1.29, 1.82) is 5.26 Å². The summed E-state index contributed by atoms with van der Waals surface area (Å²) in [7, 11) is 0. The number of carbonyl (C=O) groups is 1. The van der Waals surface area contributed by atoms with Crippen LogP contribution in [-0.4, -0.2) is 124 Å². The Morgan fingerprint density at radius 1 is 1.19 bits per heavy atom. The van der Waals surface area contributed by atoms with Gasteiger partial charge in [-0.2, -0.15) is 15.2 Å². The summed E-state index contributed by atoms with van der Waals surface area (Å²) in [6, 6.07) is 7.71. The Hall–Kier alpha value is -3.96. The number of amides is 1. The van der Waals surface area contributed by atoms with E-state index in [0.29, 0.717) is 67.0 Å². The van der Waals surface area contributed by atoms with Gasteiger partial charge in [0.1, 0.15) is 29.8 Å². The van der Waals surface area contributed by atoms with Crippen LogP contribution in [0.25, 0.3) is 22.2 Å². The molecule has 3 aromatic rings. The third-order valence-corrected chi connectivity index (χ3v) is 12.5. The van der Waals surface area contributed by atoms with Crippen molar-refractivity contribution in [1.82, 2.24) is 29.7 Å². The number of likely N-dealkylation sites (tertiary alicyclic amines) is 1. The minimum atomic E-state index is -0.924. The Bertz CT molecular complexity index is 1990. The van der Waals surface area contributed by atoms with Gasteiger partial charge < -0.3 is 19.3 Å². The summed E-state index contributed by atoms with van der Waals surface area (Å²) in [5, 5.41) is 10.8. The van der Waals surface area contributed by atoms with Crippen LogP contribution in [0.3, 0.4) is 0 Å². The first-order valence-electron chi connectivity index (χ1n) is 18.9. The lowest BCUT2D eigenvalue weighted by molar-refractivity contribution is -0.128. The van der Waals surface area contributed by atoms with Crippen LogP contribution in [0.4, 0.5) is 14.6 Å². The average Bonchev–Trinajstić information content (AvgIpc) is 3.41. The van der Waals surface area contributed by atoms with E-state index in [0.717, 1.165) is 57.4 Å². The number of hydrogen-bond acceptors (Lipinski definition) is 10. The van der Waals surface area contributed by atoms with Crippen LogP contribution in [0.5, 0.6) is 6.01 Å². The lowest BCUT2D eigenvalue weighted by Gasteiger charge is -2.41. The van der Waals surface area contributed by atoms with Gasteiger partial charge in [-0.3, -0.25) is 19.6 Å². The van der Waals surface area contributed by atoms with Crippen molar-refractivity contribution in [3.63, 3.8) is 0 Å². The van der Waals surface area contributed by atoms with Crippen LogP contribution in [0, 0.1) is 17.1 Å². The molecule has 5 saturated heterocycles. The summed E-state index contributed by atoms with van der Waals surface area (Å²) < 4.78 is 43.5. The quantitative estimate of drug-likeness (QED) is 0.255. The summed E-state index contributed by atoms with van der Waals surface area (Å²) in [6.07, 6.45) is 9.75. The molecule has 7 heterocycles. The molecule has 2 bridgehead atoms. The summed E-state index contributed by atoms with van der Waals surface area (Å²) in [4.78, 5) is 35.8. The molecule has 1 aliphatic carbocycles. The topological polar surface area (TPSA) is 111 Å². The fraction of sp³-hybridized carbons (Fsp3) is 0.564. The molecule has 11 nitrogen and oxygen atoms in total. The average molecular weight is 745 g/mol. The molecular weight excluding hydrogens is 702 g/mol. The molecule has 6 fully saturated rings. The lowest BCUT2D eigenvalue weighted by Crippen LogP contribution is -2.55. The number of fused-ring (bicyclic) bond motifs is 4. The first-order valence-corrected chi connectivity index (χ1v) is 19.3. The zero-order chi connectivity index (χ0) is 36.3. The largest absolute Gasteiger partial charge is 0.461 e. The molecule has 9 rings (SSSR count). The number of alkyl halides is 1. The van der Waals surface area contributed by atoms with Gasteiger partial charge in [0.15, 0.2) is 5.82 Å². The van der Waals surface area contributed by atoms with Gasteiger partial charge in [-0.05, 0) is 56.2 Å². The number of morpholine rings is 1. The lowest BCUT2D eigenvalue weighted by atomic mass is 9.95. The van der Waals surface area contributed by atoms with Crippen LogP contribution in [-0.2, 0) is 9.53 Å². The van der Waals surface area contributed by atoms with E-state index in [1.165, 1.54) is 0 Å². The highest BCUT2D eigenvalue weighted by Gasteiger charge is 2.49. The number of halogens is 3. The van der Waals surface area contributed by atoms with Crippen molar-refractivity contribution >= 4 is 34.2 Å². The van der Waals surface area contributed by atoms with Crippen LogP contribution in [0.15, 0.2) is 36.5 Å². The standard InChI is InChI=1S/C39H43ClF2N8O3/c40-31-5-1-4-29(33(31)24-7-8-24)35-34(42)36-30(18-44-35)37(46-38(45-36)53-23-39-10-3-13-49(39)19-25(41)17-39)48-14-15-50(26(20-48)9-11-43)32(51)6-2-12-47-21-28-16-27(47)22-52-28/h1-2,4-6,18,24-28H,3,7-10,12-17,19-23H2/b6-2+/t25-,26+,27+,28+,39+/m1/s1. The fourth-order valence-corrected chi connectivity index (χ4v) is 9.73. The van der Waals surface area contributed by atoms with E-state index in [1.54, 1.807) is 23.2 Å². The second-order valence-corrected chi connectivity index (χ2v) is 16.0. The molecule has 1 saturated carbocycles. The highest BCUT2D eigenvalue weighted by molar-refractivity contribution is 6.32. The Labute approximate surface area is 312 Å². The highest BCUT2D eigenvalue weighted by atomic mass is 35.5. The van der Waals surface area contributed by atoms with Gasteiger partial charge in [0.05, 0.1) is 42.2 Å². The number of nitrogens with zero attached hydrogens (tertiary/aromatic N) is 8. The normalized spacial score (nSPS) is 28.7. The number of benzene rings is 1. The maximum Gasteiger partial charge on any atom is 0.319 e. The molecule has 2 aromatic heterocycles. The van der Waals surface area contributed by atoms with E-state index in [4.69, 9.17) is 26.1 Å². The smallest absolute Gasteiger partial charge is 0.319 e. The maximum absolute atomic E-state index is 16.9. The first kappa shape index (κ1) is 34.8. The number of rotatable bonds is 10. The summed E-state index contributed by atoms with van der Waals surface area (Å²) in [5.74, 6) is -0.0686. The monoisotopic (exact) mass is 744 g/mol. The third kappa shape index (κ3) is 6.51. The number of anilines is 1. The zero-order valence-electron chi connectivity index (χ0n) is 29.6. The molecule has 53 heavy (non-hydrogen) atoms. The minimum absolute atomic E-state index is 0.000110. The number of nitriles is 1. The van der Waals surface area contributed by atoms with Gasteiger partial charge in [-0.15, -0.1) is 0 Å². The van der Waals surface area contributed by atoms with Gasteiger partial charge in [0.25, 0.3) is 0 Å². The SMILES string of the molecule is N#CC[C@H]1CN(c2nc(OC[C@@]34CCCN3C[C@H](F)C4)nc3c(F)c(-c4cccc(Cl)c4C4CC4)ncc23)CCN1C(=O)/C=C/CN1C[C@@H]2C[C@H]1CO2. The zero-order valence-corrected chi connectivity index (χ0v) is 30.4. The molecular formula is C39H43ClF2N8O3. The van der Waals surface area contributed by atoms with E-state index in [-0.39, 0.29) is 48.2 Å². The maximum atomic E-state index is 16.9. The molecule has 5 atom stereocenters. The molecule has 0 N–H and O–H groups in total. The Kier molecular flexibility index (Phi) is 9.21. The summed E-state index contributed by atoms with van der Waals surface area (Å²) in [6.45, 7) is 4.72. The molecule has 5 aliphatic heterocycles.